The molecule has 0 bridgehead atoms. The Morgan fingerprint density at radius 3 is 2.83 bits per heavy atom. The molecule has 1 heterocycles. The third kappa shape index (κ3) is 3.15. The van der Waals surface area contributed by atoms with Crippen molar-refractivity contribution in [2.45, 2.75) is 20.0 Å². The largest absolute Gasteiger partial charge is 0.309 e. The summed E-state index contributed by atoms with van der Waals surface area (Å²) in [6.07, 6.45) is 0. The molecule has 94 valence electrons. The fraction of sp³-hybridized carbons (Fsp3) is 0.231. The van der Waals surface area contributed by atoms with Gasteiger partial charge in [0.25, 0.3) is 5.69 Å². The lowest BCUT2D eigenvalue weighted by Crippen LogP contribution is -2.12. The Balaban J connectivity index is 1.92. The highest BCUT2D eigenvalue weighted by molar-refractivity contribution is 7.08. The number of hydrogen-bond donors (Lipinski definition) is 1. The Labute approximate surface area is 109 Å². The van der Waals surface area contributed by atoms with E-state index in [-0.39, 0.29) is 10.6 Å². The van der Waals surface area contributed by atoms with Crippen molar-refractivity contribution in [1.82, 2.24) is 5.32 Å². The summed E-state index contributed by atoms with van der Waals surface area (Å²) < 4.78 is 0. The van der Waals surface area contributed by atoms with E-state index >= 15 is 0 Å². The lowest BCUT2D eigenvalue weighted by molar-refractivity contribution is -0.384. The fourth-order valence-corrected chi connectivity index (χ4v) is 2.55. The van der Waals surface area contributed by atoms with Gasteiger partial charge in [-0.25, -0.2) is 0 Å². The van der Waals surface area contributed by atoms with E-state index in [4.69, 9.17) is 0 Å². The molecule has 1 aromatic heterocycles. The van der Waals surface area contributed by atoms with E-state index < -0.39 is 0 Å². The molecule has 5 heteroatoms. The number of thiophene rings is 1. The minimum atomic E-state index is -0.369. The standard InChI is InChI=1S/C13H14N2O2S/c1-10-8-18-9-12(10)7-14-6-11-3-2-4-13(5-11)15(16)17/h2-5,8-9,14H,6-7H2,1H3. The Kier molecular flexibility index (Phi) is 4.07. The Hall–Kier alpha value is -1.72. The summed E-state index contributed by atoms with van der Waals surface area (Å²) in [6.45, 7) is 3.51. The SMILES string of the molecule is Cc1cscc1CNCc1cccc([N+](=O)[O-])c1. The van der Waals surface area contributed by atoms with Crippen LogP contribution in [0.1, 0.15) is 16.7 Å². The van der Waals surface area contributed by atoms with Crippen LogP contribution in [0.15, 0.2) is 35.0 Å². The van der Waals surface area contributed by atoms with Gasteiger partial charge in [0.1, 0.15) is 0 Å². The molecule has 0 unspecified atom stereocenters. The monoisotopic (exact) mass is 262 g/mol. The second kappa shape index (κ2) is 5.75. The minimum Gasteiger partial charge on any atom is -0.309 e. The van der Waals surface area contributed by atoms with Crippen LogP contribution in [0, 0.1) is 17.0 Å². The second-order valence-corrected chi connectivity index (χ2v) is 4.85. The molecule has 0 saturated carbocycles. The van der Waals surface area contributed by atoms with Gasteiger partial charge in [-0.15, -0.1) is 0 Å². The maximum atomic E-state index is 10.6. The van der Waals surface area contributed by atoms with Crippen LogP contribution in [0.2, 0.25) is 0 Å². The third-order valence-electron chi connectivity index (χ3n) is 2.73. The summed E-state index contributed by atoms with van der Waals surface area (Å²) >= 11 is 1.69. The third-order valence-corrected chi connectivity index (χ3v) is 3.64. The Bertz CT molecular complexity index is 551. The van der Waals surface area contributed by atoms with Gasteiger partial charge in [0.2, 0.25) is 0 Å². The molecule has 0 spiro atoms. The summed E-state index contributed by atoms with van der Waals surface area (Å²) in [6, 6.07) is 6.71. The van der Waals surface area contributed by atoms with Crippen LogP contribution in [0.5, 0.6) is 0 Å². The Morgan fingerprint density at radius 1 is 1.33 bits per heavy atom. The zero-order chi connectivity index (χ0) is 13.0. The molecule has 0 aliphatic heterocycles. The molecule has 2 rings (SSSR count). The van der Waals surface area contributed by atoms with Crippen molar-refractivity contribution in [1.29, 1.82) is 0 Å². The predicted octanol–water partition coefficient (Wildman–Crippen LogP) is 3.25. The van der Waals surface area contributed by atoms with Gasteiger partial charge in [-0.2, -0.15) is 11.3 Å². The molecule has 0 atom stereocenters. The first-order chi connectivity index (χ1) is 8.66. The van der Waals surface area contributed by atoms with Gasteiger partial charge in [-0.3, -0.25) is 10.1 Å². The number of nitrogens with one attached hydrogen (secondary N) is 1. The van der Waals surface area contributed by atoms with Crippen molar-refractivity contribution in [3.63, 3.8) is 0 Å². The quantitative estimate of drug-likeness (QED) is 0.664. The molecule has 1 aromatic carbocycles. The minimum absolute atomic E-state index is 0.140. The zero-order valence-corrected chi connectivity index (χ0v) is 10.9. The number of non-ortho nitro benzene ring substituents is 1. The molecule has 2 aromatic rings. The van der Waals surface area contributed by atoms with E-state index in [9.17, 15) is 10.1 Å². The molecule has 18 heavy (non-hydrogen) atoms. The van der Waals surface area contributed by atoms with Crippen LogP contribution in [0.25, 0.3) is 0 Å². The predicted molar refractivity (Wildman–Crippen MR) is 72.7 cm³/mol. The molecule has 1 N–H and O–H groups in total. The van der Waals surface area contributed by atoms with Gasteiger partial charge in [-0.05, 0) is 34.4 Å². The first-order valence-corrected chi connectivity index (χ1v) is 6.57. The highest BCUT2D eigenvalue weighted by Crippen LogP contribution is 2.15. The van der Waals surface area contributed by atoms with E-state index in [0.29, 0.717) is 6.54 Å². The number of hydrogen-bond acceptors (Lipinski definition) is 4. The van der Waals surface area contributed by atoms with Crippen LogP contribution in [0.3, 0.4) is 0 Å². The molecule has 0 fully saturated rings. The van der Waals surface area contributed by atoms with Crippen LogP contribution in [0.4, 0.5) is 5.69 Å². The number of nitrogens with zero attached hydrogens (tertiary/aromatic N) is 1. The molecule has 4 nitrogen and oxygen atoms in total. The first kappa shape index (κ1) is 12.7. The molecule has 0 saturated heterocycles. The lowest BCUT2D eigenvalue weighted by Gasteiger charge is -2.04. The van der Waals surface area contributed by atoms with Crippen molar-refractivity contribution in [2.75, 3.05) is 0 Å². The molecule has 0 amide bonds. The smallest absolute Gasteiger partial charge is 0.269 e. The summed E-state index contributed by atoms with van der Waals surface area (Å²) in [5.74, 6) is 0. The summed E-state index contributed by atoms with van der Waals surface area (Å²) in [5, 5.41) is 18.2. The van der Waals surface area contributed by atoms with Crippen LogP contribution in [-0.2, 0) is 13.1 Å². The van der Waals surface area contributed by atoms with Crippen molar-refractivity contribution in [2.24, 2.45) is 0 Å². The van der Waals surface area contributed by atoms with E-state index in [1.54, 1.807) is 23.5 Å². The average molecular weight is 262 g/mol. The topological polar surface area (TPSA) is 55.2 Å². The maximum absolute atomic E-state index is 10.6. The van der Waals surface area contributed by atoms with Crippen LogP contribution in [-0.4, -0.2) is 4.92 Å². The van der Waals surface area contributed by atoms with Gasteiger partial charge in [0, 0.05) is 25.2 Å². The molecule has 0 aliphatic rings. The zero-order valence-electron chi connectivity index (χ0n) is 10.1. The van der Waals surface area contributed by atoms with Gasteiger partial charge in [0.05, 0.1) is 4.92 Å². The summed E-state index contributed by atoms with van der Waals surface area (Å²) in [4.78, 5) is 10.3. The lowest BCUT2D eigenvalue weighted by atomic mass is 10.2. The highest BCUT2D eigenvalue weighted by Gasteiger charge is 2.05. The maximum Gasteiger partial charge on any atom is 0.269 e. The van der Waals surface area contributed by atoms with Crippen LogP contribution >= 0.6 is 11.3 Å². The normalized spacial score (nSPS) is 10.5. The summed E-state index contributed by atoms with van der Waals surface area (Å²) in [5.41, 5.74) is 3.63. The second-order valence-electron chi connectivity index (χ2n) is 4.11. The molecule has 0 aliphatic carbocycles. The van der Waals surface area contributed by atoms with E-state index in [2.05, 4.69) is 23.0 Å². The summed E-state index contributed by atoms with van der Waals surface area (Å²) in [7, 11) is 0. The van der Waals surface area contributed by atoms with E-state index in [1.165, 1.54) is 17.2 Å². The van der Waals surface area contributed by atoms with Gasteiger partial charge in [-0.1, -0.05) is 12.1 Å². The number of aryl methyl sites for hydroxylation is 1. The molecular weight excluding hydrogens is 248 g/mol. The molecule has 0 radical (unpaired) electrons. The van der Waals surface area contributed by atoms with Crippen molar-refractivity contribution in [3.05, 3.63) is 61.8 Å². The Morgan fingerprint density at radius 2 is 2.17 bits per heavy atom. The number of nitro benzene ring substituents is 1. The fourth-order valence-electron chi connectivity index (χ4n) is 1.69. The molecular formula is C13H14N2O2S. The highest BCUT2D eigenvalue weighted by atomic mass is 32.1. The van der Waals surface area contributed by atoms with Crippen LogP contribution < -0.4 is 5.32 Å². The number of benzene rings is 1. The van der Waals surface area contributed by atoms with Crippen molar-refractivity contribution < 1.29 is 4.92 Å². The van der Waals surface area contributed by atoms with Gasteiger partial charge >= 0.3 is 0 Å². The first-order valence-electron chi connectivity index (χ1n) is 5.62. The van der Waals surface area contributed by atoms with Gasteiger partial charge in [0.15, 0.2) is 0 Å². The van der Waals surface area contributed by atoms with Crippen molar-refractivity contribution >= 4 is 17.0 Å². The van der Waals surface area contributed by atoms with Gasteiger partial charge < -0.3 is 5.32 Å². The van der Waals surface area contributed by atoms with E-state index in [0.717, 1.165) is 12.1 Å². The number of rotatable bonds is 5. The van der Waals surface area contributed by atoms with Crippen molar-refractivity contribution in [3.8, 4) is 0 Å². The van der Waals surface area contributed by atoms with E-state index in [1.807, 2.05) is 6.07 Å². The average Bonchev–Trinajstić information content (AvgIpc) is 2.76. The number of nitro groups is 1.